The second-order valence-corrected chi connectivity index (χ2v) is 10.4. The number of unbranched alkanes of at least 4 members (excludes halogenated alkanes) is 1. The molecule has 0 bridgehead atoms. The van der Waals surface area contributed by atoms with Gasteiger partial charge in [0.1, 0.15) is 21.8 Å². The van der Waals surface area contributed by atoms with Crippen LogP contribution in [0, 0.1) is 18.3 Å². The molecule has 1 saturated heterocycles. The number of nitriles is 1. The largest absolute Gasteiger partial charge is 0.385 e. The van der Waals surface area contributed by atoms with Crippen molar-refractivity contribution in [1.29, 1.82) is 5.26 Å². The zero-order valence-corrected chi connectivity index (χ0v) is 23.0. The van der Waals surface area contributed by atoms with Gasteiger partial charge in [-0.25, -0.2) is 0 Å². The fourth-order valence-corrected chi connectivity index (χ4v) is 5.39. The number of nitrogens with zero attached hydrogens (tertiary/aromatic N) is 3. The number of anilines is 1. The molecule has 1 aliphatic rings. The number of carbonyl (C=O) groups excluding carboxylic acids is 1. The summed E-state index contributed by atoms with van der Waals surface area (Å²) in [5.41, 5.74) is 1.71. The molecule has 0 atom stereocenters. The fourth-order valence-electron chi connectivity index (χ4n) is 3.89. The van der Waals surface area contributed by atoms with Crippen LogP contribution in [0.5, 0.6) is 0 Å². The van der Waals surface area contributed by atoms with E-state index < -0.39 is 0 Å². The molecule has 0 aliphatic carbocycles. The van der Waals surface area contributed by atoms with E-state index in [-0.39, 0.29) is 17.0 Å². The highest BCUT2D eigenvalue weighted by Gasteiger charge is 2.32. The number of halogens is 1. The Morgan fingerprint density at radius 1 is 1.25 bits per heavy atom. The smallest absolute Gasteiger partial charge is 0.270 e. The molecular weight excluding hydrogens is 516 g/mol. The fraction of sp³-hybridized carbons (Fsp3) is 0.385. The van der Waals surface area contributed by atoms with Crippen molar-refractivity contribution >= 4 is 57.7 Å². The van der Waals surface area contributed by atoms with Crippen molar-refractivity contribution in [3.8, 4) is 6.07 Å². The van der Waals surface area contributed by atoms with Crippen molar-refractivity contribution < 1.29 is 9.53 Å². The van der Waals surface area contributed by atoms with Gasteiger partial charge in [-0.2, -0.15) is 5.26 Å². The molecule has 1 aromatic heterocycles. The lowest BCUT2D eigenvalue weighted by Gasteiger charge is -2.20. The van der Waals surface area contributed by atoms with E-state index >= 15 is 0 Å². The number of rotatable bonds is 11. The highest BCUT2D eigenvalue weighted by atomic mass is 35.5. The summed E-state index contributed by atoms with van der Waals surface area (Å²) in [5.74, 6) is 0.358. The minimum atomic E-state index is -0.352. The van der Waals surface area contributed by atoms with E-state index in [1.807, 2.05) is 31.2 Å². The van der Waals surface area contributed by atoms with Crippen LogP contribution in [0.1, 0.15) is 48.4 Å². The van der Waals surface area contributed by atoms with Crippen molar-refractivity contribution in [2.24, 2.45) is 0 Å². The Morgan fingerprint density at radius 3 is 2.67 bits per heavy atom. The highest BCUT2D eigenvalue weighted by molar-refractivity contribution is 8.26. The zero-order chi connectivity index (χ0) is 26.2. The minimum Gasteiger partial charge on any atom is -0.385 e. The number of methoxy groups -OCH3 is 1. The lowest BCUT2D eigenvalue weighted by atomic mass is 10.0. The number of hydrogen-bond acceptors (Lipinski definition) is 7. The Morgan fingerprint density at radius 2 is 2.00 bits per heavy atom. The van der Waals surface area contributed by atoms with Crippen LogP contribution >= 0.6 is 35.6 Å². The van der Waals surface area contributed by atoms with Gasteiger partial charge in [0.05, 0.1) is 4.91 Å². The SMILES string of the molecule is CCCCn1c(NCc2ccccc2Cl)c(/C=C2/SC(=S)N(CCCOC)C2=O)c(C)c(C#N)c1=O. The summed E-state index contributed by atoms with van der Waals surface area (Å²) in [6.45, 7) is 5.57. The number of ether oxygens (including phenoxy) is 1. The molecule has 1 fully saturated rings. The first kappa shape index (κ1) is 27.9. The van der Waals surface area contributed by atoms with E-state index in [1.54, 1.807) is 29.6 Å². The van der Waals surface area contributed by atoms with Gasteiger partial charge in [-0.15, -0.1) is 0 Å². The first-order valence-electron chi connectivity index (χ1n) is 11.7. The summed E-state index contributed by atoms with van der Waals surface area (Å²) in [4.78, 5) is 28.5. The molecule has 36 heavy (non-hydrogen) atoms. The molecule has 10 heteroatoms. The van der Waals surface area contributed by atoms with Crippen LogP contribution in [0.15, 0.2) is 34.0 Å². The standard InChI is InChI=1S/C26H29ClN4O3S2/c1-4-5-11-30-23(29-16-18-9-6-7-10-21(18)27)19(17(2)20(15-28)24(30)32)14-22-25(33)31(26(35)36-22)12-8-13-34-3/h6-7,9-10,14,29H,4-5,8,11-13,16H2,1-3H3/b22-14+. The first-order chi connectivity index (χ1) is 17.3. The minimum absolute atomic E-state index is 0.0659. The van der Waals surface area contributed by atoms with E-state index in [0.717, 1.165) is 18.4 Å². The summed E-state index contributed by atoms with van der Waals surface area (Å²) < 4.78 is 7.17. The molecule has 7 nitrogen and oxygen atoms in total. The topological polar surface area (TPSA) is 87.4 Å². The molecule has 1 aromatic carbocycles. The number of nitrogens with one attached hydrogen (secondary N) is 1. The van der Waals surface area contributed by atoms with Gasteiger partial charge in [-0.3, -0.25) is 19.1 Å². The van der Waals surface area contributed by atoms with Gasteiger partial charge < -0.3 is 10.1 Å². The maximum absolute atomic E-state index is 13.3. The number of thiocarbonyl (C=S) groups is 1. The number of thioether (sulfide) groups is 1. The Bertz CT molecular complexity index is 1280. The van der Waals surface area contributed by atoms with Crippen molar-refractivity contribution in [2.45, 2.75) is 46.2 Å². The van der Waals surface area contributed by atoms with E-state index in [4.69, 9.17) is 28.6 Å². The van der Waals surface area contributed by atoms with Crippen LogP contribution < -0.4 is 10.9 Å². The third-order valence-corrected chi connectivity index (χ3v) is 7.64. The number of benzene rings is 1. The van der Waals surface area contributed by atoms with Crippen molar-refractivity contribution in [2.75, 3.05) is 25.6 Å². The summed E-state index contributed by atoms with van der Waals surface area (Å²) in [6.07, 6.45) is 4.04. The molecule has 1 aliphatic heterocycles. The van der Waals surface area contributed by atoms with E-state index in [2.05, 4.69) is 11.4 Å². The summed E-state index contributed by atoms with van der Waals surface area (Å²) in [7, 11) is 1.62. The van der Waals surface area contributed by atoms with Gasteiger partial charge in [0.15, 0.2) is 0 Å². The van der Waals surface area contributed by atoms with Crippen LogP contribution in [0.3, 0.4) is 0 Å². The molecule has 1 amide bonds. The Balaban J connectivity index is 2.11. The molecule has 190 valence electrons. The predicted molar refractivity (Wildman–Crippen MR) is 150 cm³/mol. The second-order valence-electron chi connectivity index (χ2n) is 8.31. The Labute approximate surface area is 226 Å². The molecule has 0 unspecified atom stereocenters. The van der Waals surface area contributed by atoms with Gasteiger partial charge >= 0.3 is 0 Å². The van der Waals surface area contributed by atoms with Crippen LogP contribution in [0.25, 0.3) is 6.08 Å². The van der Waals surface area contributed by atoms with Crippen LogP contribution in [-0.4, -0.2) is 40.0 Å². The quantitative estimate of drug-likeness (QED) is 0.232. The predicted octanol–water partition coefficient (Wildman–Crippen LogP) is 5.33. The van der Waals surface area contributed by atoms with E-state index in [0.29, 0.717) is 63.9 Å². The third kappa shape index (κ3) is 6.19. The third-order valence-electron chi connectivity index (χ3n) is 5.89. The lowest BCUT2D eigenvalue weighted by molar-refractivity contribution is -0.122. The van der Waals surface area contributed by atoms with Crippen LogP contribution in [0.4, 0.5) is 5.82 Å². The average Bonchev–Trinajstić information content (AvgIpc) is 3.12. The van der Waals surface area contributed by atoms with Gasteiger partial charge in [-0.05, 0) is 43.0 Å². The average molecular weight is 545 g/mol. The van der Waals surface area contributed by atoms with Gasteiger partial charge in [0.2, 0.25) is 0 Å². The first-order valence-corrected chi connectivity index (χ1v) is 13.3. The monoisotopic (exact) mass is 544 g/mol. The number of carbonyl (C=O) groups is 1. The molecule has 1 N–H and O–H groups in total. The molecular formula is C26H29ClN4O3S2. The maximum Gasteiger partial charge on any atom is 0.270 e. The lowest BCUT2D eigenvalue weighted by Crippen LogP contribution is -2.30. The number of hydrogen-bond donors (Lipinski definition) is 1. The second kappa shape index (κ2) is 13.1. The van der Waals surface area contributed by atoms with Crippen LogP contribution in [-0.2, 0) is 22.6 Å². The molecule has 2 heterocycles. The number of pyridine rings is 1. The summed E-state index contributed by atoms with van der Waals surface area (Å²) in [5, 5.41) is 13.8. The van der Waals surface area contributed by atoms with Gasteiger partial charge in [0.25, 0.3) is 11.5 Å². The Hall–Kier alpha value is -2.64. The number of amides is 1. The van der Waals surface area contributed by atoms with E-state index in [9.17, 15) is 14.9 Å². The molecule has 0 saturated carbocycles. The van der Waals surface area contributed by atoms with Gasteiger partial charge in [0, 0.05) is 43.9 Å². The molecule has 2 aromatic rings. The maximum atomic E-state index is 13.3. The van der Waals surface area contributed by atoms with Crippen molar-refractivity contribution in [3.05, 3.63) is 66.8 Å². The normalized spacial score (nSPS) is 14.5. The molecule has 0 radical (unpaired) electrons. The summed E-state index contributed by atoms with van der Waals surface area (Å²) in [6, 6.07) is 9.53. The molecule has 0 spiro atoms. The van der Waals surface area contributed by atoms with Crippen LogP contribution in [0.2, 0.25) is 5.02 Å². The summed E-state index contributed by atoms with van der Waals surface area (Å²) >= 11 is 13.0. The highest BCUT2D eigenvalue weighted by Crippen LogP contribution is 2.35. The van der Waals surface area contributed by atoms with Gasteiger partial charge in [-0.1, -0.05) is 67.1 Å². The van der Waals surface area contributed by atoms with Crippen molar-refractivity contribution in [1.82, 2.24) is 9.47 Å². The Kier molecular flexibility index (Phi) is 10.1. The molecule has 3 rings (SSSR count). The number of aromatic nitrogens is 1. The zero-order valence-electron chi connectivity index (χ0n) is 20.6. The van der Waals surface area contributed by atoms with E-state index in [1.165, 1.54) is 11.8 Å². The van der Waals surface area contributed by atoms with Crippen molar-refractivity contribution in [3.63, 3.8) is 0 Å².